The second kappa shape index (κ2) is 4.62. The smallest absolute Gasteiger partial charge is 0.266 e. The fraction of sp³-hybridized carbons (Fsp3) is 0.0833. The SMILES string of the molecule is O=c1c2nc(Br)sc2ncn1C1=CC=CCC=C1. The number of thiazole rings is 1. The summed E-state index contributed by atoms with van der Waals surface area (Å²) in [7, 11) is 0. The van der Waals surface area contributed by atoms with Gasteiger partial charge in [0.25, 0.3) is 5.56 Å². The van der Waals surface area contributed by atoms with Crippen LogP contribution in [0.2, 0.25) is 0 Å². The van der Waals surface area contributed by atoms with E-state index >= 15 is 0 Å². The fourth-order valence-corrected chi connectivity index (χ4v) is 2.97. The maximum Gasteiger partial charge on any atom is 0.285 e. The summed E-state index contributed by atoms with van der Waals surface area (Å²) in [5, 5.41) is 0. The Morgan fingerprint density at radius 2 is 2.28 bits per heavy atom. The van der Waals surface area contributed by atoms with E-state index < -0.39 is 0 Å². The van der Waals surface area contributed by atoms with Crippen LogP contribution < -0.4 is 5.56 Å². The molecule has 0 bridgehead atoms. The summed E-state index contributed by atoms with van der Waals surface area (Å²) < 4.78 is 2.19. The molecule has 0 saturated heterocycles. The molecule has 1 aliphatic carbocycles. The minimum Gasteiger partial charge on any atom is -0.266 e. The number of rotatable bonds is 1. The van der Waals surface area contributed by atoms with Crippen LogP contribution >= 0.6 is 27.3 Å². The van der Waals surface area contributed by atoms with Gasteiger partial charge in [0.05, 0.1) is 0 Å². The summed E-state index contributed by atoms with van der Waals surface area (Å²) in [5.41, 5.74) is 1.05. The molecule has 3 rings (SSSR count). The standard InChI is InChI=1S/C12H8BrN3OS/c13-12-15-9-10(18-12)14-7-16(11(9)17)8-5-3-1-2-4-6-8/h1,3-7H,2H2. The van der Waals surface area contributed by atoms with Gasteiger partial charge in [-0.1, -0.05) is 29.6 Å². The van der Waals surface area contributed by atoms with Crippen LogP contribution in [-0.4, -0.2) is 14.5 Å². The van der Waals surface area contributed by atoms with E-state index in [1.807, 2.05) is 30.4 Å². The lowest BCUT2D eigenvalue weighted by Crippen LogP contribution is -2.19. The molecular formula is C12H8BrN3OS. The van der Waals surface area contributed by atoms with Crippen LogP contribution in [0.5, 0.6) is 0 Å². The molecular weight excluding hydrogens is 314 g/mol. The molecule has 0 atom stereocenters. The highest BCUT2D eigenvalue weighted by Crippen LogP contribution is 2.22. The topological polar surface area (TPSA) is 47.8 Å². The average Bonchev–Trinajstić information content (AvgIpc) is 2.59. The molecule has 18 heavy (non-hydrogen) atoms. The zero-order valence-corrected chi connectivity index (χ0v) is 11.6. The Bertz CT molecular complexity index is 754. The summed E-state index contributed by atoms with van der Waals surface area (Å²) in [6.07, 6.45) is 12.2. The molecule has 2 heterocycles. The molecule has 0 unspecified atom stereocenters. The number of aromatic nitrogens is 3. The third kappa shape index (κ3) is 1.97. The van der Waals surface area contributed by atoms with E-state index in [1.165, 1.54) is 15.9 Å². The highest BCUT2D eigenvalue weighted by atomic mass is 79.9. The average molecular weight is 322 g/mol. The maximum absolute atomic E-state index is 12.3. The van der Waals surface area contributed by atoms with Crippen LogP contribution in [0.1, 0.15) is 6.42 Å². The number of fused-ring (bicyclic) bond motifs is 1. The predicted octanol–water partition coefficient (Wildman–Crippen LogP) is 2.97. The highest BCUT2D eigenvalue weighted by Gasteiger charge is 2.10. The van der Waals surface area contributed by atoms with Gasteiger partial charge >= 0.3 is 0 Å². The number of hydrogen-bond acceptors (Lipinski definition) is 4. The summed E-state index contributed by atoms with van der Waals surface area (Å²) in [5.74, 6) is 0. The van der Waals surface area contributed by atoms with Gasteiger partial charge in [-0.2, -0.15) is 0 Å². The van der Waals surface area contributed by atoms with Crippen LogP contribution in [-0.2, 0) is 0 Å². The zero-order valence-electron chi connectivity index (χ0n) is 9.21. The first-order valence-electron chi connectivity index (χ1n) is 5.33. The summed E-state index contributed by atoms with van der Waals surface area (Å²) in [6, 6.07) is 0. The fourth-order valence-electron chi connectivity index (χ4n) is 1.70. The van der Waals surface area contributed by atoms with E-state index in [0.717, 1.165) is 12.1 Å². The molecule has 0 spiro atoms. The third-order valence-corrected chi connectivity index (χ3v) is 3.95. The molecule has 0 aromatic carbocycles. The van der Waals surface area contributed by atoms with E-state index in [0.29, 0.717) is 14.3 Å². The van der Waals surface area contributed by atoms with E-state index in [1.54, 1.807) is 6.33 Å². The van der Waals surface area contributed by atoms with Gasteiger partial charge in [0.15, 0.2) is 14.3 Å². The molecule has 6 heteroatoms. The second-order valence-electron chi connectivity index (χ2n) is 3.70. The van der Waals surface area contributed by atoms with Crippen molar-refractivity contribution in [3.05, 3.63) is 51.0 Å². The van der Waals surface area contributed by atoms with E-state index in [4.69, 9.17) is 0 Å². The molecule has 90 valence electrons. The van der Waals surface area contributed by atoms with E-state index in [9.17, 15) is 4.79 Å². The van der Waals surface area contributed by atoms with Crippen LogP contribution in [0.4, 0.5) is 0 Å². The number of nitrogens with zero attached hydrogens (tertiary/aromatic N) is 3. The quantitative estimate of drug-likeness (QED) is 0.811. The molecule has 0 N–H and O–H groups in total. The molecule has 0 amide bonds. The molecule has 2 aromatic heterocycles. The summed E-state index contributed by atoms with van der Waals surface area (Å²) >= 11 is 4.63. The highest BCUT2D eigenvalue weighted by molar-refractivity contribution is 9.11. The van der Waals surface area contributed by atoms with Gasteiger partial charge in [-0.3, -0.25) is 9.36 Å². The van der Waals surface area contributed by atoms with Gasteiger partial charge < -0.3 is 0 Å². The lowest BCUT2D eigenvalue weighted by atomic mass is 10.3. The second-order valence-corrected chi connectivity index (χ2v) is 5.95. The van der Waals surface area contributed by atoms with Crippen LogP contribution in [0, 0.1) is 0 Å². The van der Waals surface area contributed by atoms with Gasteiger partial charge in [0.2, 0.25) is 0 Å². The van der Waals surface area contributed by atoms with Crippen molar-refractivity contribution in [2.75, 3.05) is 0 Å². The van der Waals surface area contributed by atoms with Gasteiger partial charge in [-0.05, 0) is 34.5 Å². The Labute approximate surface area is 115 Å². The van der Waals surface area contributed by atoms with Gasteiger partial charge in [-0.15, -0.1) is 0 Å². The third-order valence-electron chi connectivity index (χ3n) is 2.54. The minimum atomic E-state index is -0.145. The first-order chi connectivity index (χ1) is 8.75. The van der Waals surface area contributed by atoms with Crippen molar-refractivity contribution in [1.29, 1.82) is 0 Å². The van der Waals surface area contributed by atoms with Crippen molar-refractivity contribution in [3.63, 3.8) is 0 Å². The maximum atomic E-state index is 12.3. The lowest BCUT2D eigenvalue weighted by molar-refractivity contribution is 0.992. The molecule has 2 aromatic rings. The monoisotopic (exact) mass is 321 g/mol. The van der Waals surface area contributed by atoms with Crippen LogP contribution in [0.25, 0.3) is 16.0 Å². The van der Waals surface area contributed by atoms with Crippen molar-refractivity contribution < 1.29 is 0 Å². The van der Waals surface area contributed by atoms with Crippen molar-refractivity contribution in [1.82, 2.24) is 14.5 Å². The first kappa shape index (κ1) is 11.6. The Balaban J connectivity index is 2.24. The Morgan fingerprint density at radius 3 is 3.17 bits per heavy atom. The number of allylic oxidation sites excluding steroid dienone is 6. The first-order valence-corrected chi connectivity index (χ1v) is 6.94. The number of hydrogen-bond donors (Lipinski definition) is 0. The normalized spacial score (nSPS) is 14.8. The molecule has 1 aliphatic rings. The minimum absolute atomic E-state index is 0.145. The molecule has 0 radical (unpaired) electrons. The Morgan fingerprint density at radius 1 is 1.39 bits per heavy atom. The Hall–Kier alpha value is -1.53. The van der Waals surface area contributed by atoms with Gasteiger partial charge in [0, 0.05) is 5.70 Å². The summed E-state index contributed by atoms with van der Waals surface area (Å²) in [4.78, 5) is 21.4. The van der Waals surface area contributed by atoms with Crippen molar-refractivity contribution >= 4 is 43.3 Å². The summed E-state index contributed by atoms with van der Waals surface area (Å²) in [6.45, 7) is 0. The van der Waals surface area contributed by atoms with Crippen LogP contribution in [0.15, 0.2) is 45.4 Å². The van der Waals surface area contributed by atoms with Gasteiger partial charge in [-0.25, -0.2) is 9.97 Å². The van der Waals surface area contributed by atoms with Crippen molar-refractivity contribution in [3.8, 4) is 0 Å². The van der Waals surface area contributed by atoms with Crippen LogP contribution in [0.3, 0.4) is 0 Å². The molecule has 0 fully saturated rings. The predicted molar refractivity (Wildman–Crippen MR) is 76.5 cm³/mol. The zero-order chi connectivity index (χ0) is 12.5. The molecule has 0 aliphatic heterocycles. The van der Waals surface area contributed by atoms with E-state index in [2.05, 4.69) is 25.9 Å². The lowest BCUT2D eigenvalue weighted by Gasteiger charge is -2.04. The van der Waals surface area contributed by atoms with Crippen molar-refractivity contribution in [2.24, 2.45) is 0 Å². The Kier molecular flexibility index (Phi) is 2.97. The van der Waals surface area contributed by atoms with Crippen molar-refractivity contribution in [2.45, 2.75) is 6.42 Å². The molecule has 4 nitrogen and oxygen atoms in total. The van der Waals surface area contributed by atoms with Gasteiger partial charge in [0.1, 0.15) is 6.33 Å². The largest absolute Gasteiger partial charge is 0.285 e. The van der Waals surface area contributed by atoms with E-state index in [-0.39, 0.29) is 5.56 Å². The number of halogens is 1. The molecule has 0 saturated carbocycles.